The van der Waals surface area contributed by atoms with Crippen LogP contribution in [-0.2, 0) is 6.42 Å². The highest BCUT2D eigenvalue weighted by Crippen LogP contribution is 2.27. The molecule has 15 heavy (non-hydrogen) atoms. The fraction of sp³-hybridized carbons (Fsp3) is 0.462. The second kappa shape index (κ2) is 4.96. The van der Waals surface area contributed by atoms with Crippen molar-refractivity contribution in [2.45, 2.75) is 39.5 Å². The summed E-state index contributed by atoms with van der Waals surface area (Å²) in [5.41, 5.74) is 2.63. The van der Waals surface area contributed by atoms with Gasteiger partial charge in [0.15, 0.2) is 0 Å². The largest absolute Gasteiger partial charge is 0.478 e. The molecule has 0 aliphatic heterocycles. The van der Waals surface area contributed by atoms with Crippen molar-refractivity contribution in [3.63, 3.8) is 0 Å². The summed E-state index contributed by atoms with van der Waals surface area (Å²) in [6.07, 6.45) is 1.86. The fourth-order valence-electron chi connectivity index (χ4n) is 1.89. The molecule has 2 heteroatoms. The van der Waals surface area contributed by atoms with E-state index in [0.29, 0.717) is 11.5 Å². The Kier molecular flexibility index (Phi) is 3.89. The first-order valence-electron chi connectivity index (χ1n) is 5.46. The molecule has 82 valence electrons. The van der Waals surface area contributed by atoms with Crippen molar-refractivity contribution in [1.82, 2.24) is 0 Å². The Balaban J connectivity index is 3.33. The van der Waals surface area contributed by atoms with E-state index in [9.17, 15) is 4.79 Å². The zero-order chi connectivity index (χ0) is 11.4. The number of hydrogen-bond acceptors (Lipinski definition) is 1. The Hall–Kier alpha value is -1.31. The van der Waals surface area contributed by atoms with Gasteiger partial charge in [0.2, 0.25) is 0 Å². The molecular formula is C13H18O2. The highest BCUT2D eigenvalue weighted by Gasteiger charge is 2.16. The zero-order valence-electron chi connectivity index (χ0n) is 9.58. The van der Waals surface area contributed by atoms with E-state index in [1.54, 1.807) is 6.07 Å². The second-order valence-corrected chi connectivity index (χ2v) is 3.85. The maximum atomic E-state index is 11.1. The van der Waals surface area contributed by atoms with Crippen molar-refractivity contribution in [2.24, 2.45) is 0 Å². The minimum absolute atomic E-state index is 0.312. The lowest BCUT2D eigenvalue weighted by molar-refractivity contribution is 0.0695. The van der Waals surface area contributed by atoms with Gasteiger partial charge in [-0.3, -0.25) is 0 Å². The molecule has 1 unspecified atom stereocenters. The second-order valence-electron chi connectivity index (χ2n) is 3.85. The molecule has 1 rings (SSSR count). The molecule has 1 atom stereocenters. The van der Waals surface area contributed by atoms with Gasteiger partial charge in [-0.05, 0) is 36.0 Å². The van der Waals surface area contributed by atoms with Gasteiger partial charge in [0.25, 0.3) is 0 Å². The van der Waals surface area contributed by atoms with E-state index in [1.165, 1.54) is 0 Å². The van der Waals surface area contributed by atoms with E-state index in [1.807, 2.05) is 12.1 Å². The van der Waals surface area contributed by atoms with Crippen molar-refractivity contribution >= 4 is 5.97 Å². The summed E-state index contributed by atoms with van der Waals surface area (Å²) in [7, 11) is 0. The Morgan fingerprint density at radius 2 is 2.07 bits per heavy atom. The summed E-state index contributed by atoms with van der Waals surface area (Å²) < 4.78 is 0. The van der Waals surface area contributed by atoms with Gasteiger partial charge in [0.05, 0.1) is 5.56 Å². The van der Waals surface area contributed by atoms with Crippen LogP contribution in [0.15, 0.2) is 18.2 Å². The minimum Gasteiger partial charge on any atom is -0.478 e. The summed E-state index contributed by atoms with van der Waals surface area (Å²) >= 11 is 0. The van der Waals surface area contributed by atoms with Crippen LogP contribution >= 0.6 is 0 Å². The molecule has 0 bridgehead atoms. The number of carboxylic acid groups (broad SMARTS) is 1. The number of carboxylic acids is 1. The maximum absolute atomic E-state index is 11.1. The lowest BCUT2D eigenvalue weighted by atomic mass is 9.88. The van der Waals surface area contributed by atoms with Gasteiger partial charge < -0.3 is 5.11 Å². The van der Waals surface area contributed by atoms with Gasteiger partial charge in [0.1, 0.15) is 0 Å². The SMILES string of the molecule is CCc1cccc(C(=O)O)c1C(C)CC. The lowest BCUT2D eigenvalue weighted by Crippen LogP contribution is -2.08. The number of benzene rings is 1. The Bertz CT molecular complexity index is 356. The van der Waals surface area contributed by atoms with Crippen molar-refractivity contribution in [3.8, 4) is 0 Å². The molecule has 0 heterocycles. The van der Waals surface area contributed by atoms with Crippen LogP contribution in [0, 0.1) is 0 Å². The number of hydrogen-bond donors (Lipinski definition) is 1. The van der Waals surface area contributed by atoms with Gasteiger partial charge in [0, 0.05) is 0 Å². The van der Waals surface area contributed by atoms with Crippen molar-refractivity contribution in [3.05, 3.63) is 34.9 Å². The number of rotatable bonds is 4. The third-order valence-electron chi connectivity index (χ3n) is 2.91. The smallest absolute Gasteiger partial charge is 0.335 e. The molecule has 1 N–H and O–H groups in total. The van der Waals surface area contributed by atoms with E-state index in [-0.39, 0.29) is 0 Å². The van der Waals surface area contributed by atoms with Crippen LogP contribution in [0.5, 0.6) is 0 Å². The zero-order valence-corrected chi connectivity index (χ0v) is 9.58. The molecule has 0 spiro atoms. The van der Waals surface area contributed by atoms with Crippen LogP contribution in [0.4, 0.5) is 0 Å². The third kappa shape index (κ3) is 2.38. The Morgan fingerprint density at radius 1 is 1.40 bits per heavy atom. The number of aryl methyl sites for hydroxylation is 1. The minimum atomic E-state index is -0.819. The first-order chi connectivity index (χ1) is 7.11. The summed E-state index contributed by atoms with van der Waals surface area (Å²) in [5, 5.41) is 9.13. The molecule has 0 aliphatic carbocycles. The van der Waals surface area contributed by atoms with Gasteiger partial charge in [-0.2, -0.15) is 0 Å². The highest BCUT2D eigenvalue weighted by atomic mass is 16.4. The molecule has 0 saturated heterocycles. The summed E-state index contributed by atoms with van der Waals surface area (Å²) in [4.78, 5) is 11.1. The average molecular weight is 206 g/mol. The standard InChI is InChI=1S/C13H18O2/c1-4-9(3)12-10(5-2)7-6-8-11(12)13(14)15/h6-9H,4-5H2,1-3H3,(H,14,15). The molecular weight excluding hydrogens is 188 g/mol. The normalized spacial score (nSPS) is 12.5. The molecule has 0 amide bonds. The van der Waals surface area contributed by atoms with Crippen LogP contribution in [0.3, 0.4) is 0 Å². The van der Waals surface area contributed by atoms with Crippen LogP contribution in [0.2, 0.25) is 0 Å². The summed E-state index contributed by atoms with van der Waals surface area (Å²) in [6.45, 7) is 6.23. The Morgan fingerprint density at radius 3 is 2.53 bits per heavy atom. The van der Waals surface area contributed by atoms with Crippen molar-refractivity contribution in [1.29, 1.82) is 0 Å². The fourth-order valence-corrected chi connectivity index (χ4v) is 1.89. The first-order valence-corrected chi connectivity index (χ1v) is 5.46. The lowest BCUT2D eigenvalue weighted by Gasteiger charge is -2.16. The molecule has 0 aliphatic rings. The Labute approximate surface area is 90.9 Å². The van der Waals surface area contributed by atoms with E-state index < -0.39 is 5.97 Å². The van der Waals surface area contributed by atoms with E-state index in [2.05, 4.69) is 20.8 Å². The van der Waals surface area contributed by atoms with Gasteiger partial charge >= 0.3 is 5.97 Å². The summed E-state index contributed by atoms with van der Waals surface area (Å²) in [6, 6.07) is 5.55. The predicted molar refractivity (Wildman–Crippen MR) is 61.5 cm³/mol. The molecule has 1 aromatic rings. The van der Waals surface area contributed by atoms with Crippen LogP contribution in [0.25, 0.3) is 0 Å². The molecule has 0 radical (unpaired) electrons. The van der Waals surface area contributed by atoms with Gasteiger partial charge in [-0.1, -0.05) is 32.9 Å². The van der Waals surface area contributed by atoms with Crippen LogP contribution in [-0.4, -0.2) is 11.1 Å². The molecule has 1 aromatic carbocycles. The number of carbonyl (C=O) groups is 1. The first kappa shape index (κ1) is 11.8. The third-order valence-corrected chi connectivity index (χ3v) is 2.91. The van der Waals surface area contributed by atoms with Gasteiger partial charge in [-0.15, -0.1) is 0 Å². The maximum Gasteiger partial charge on any atom is 0.335 e. The molecule has 0 aromatic heterocycles. The van der Waals surface area contributed by atoms with E-state index in [4.69, 9.17) is 5.11 Å². The van der Waals surface area contributed by atoms with E-state index in [0.717, 1.165) is 24.0 Å². The number of aromatic carboxylic acids is 1. The molecule has 2 nitrogen and oxygen atoms in total. The highest BCUT2D eigenvalue weighted by molar-refractivity contribution is 5.90. The molecule has 0 saturated carbocycles. The van der Waals surface area contributed by atoms with Crippen molar-refractivity contribution < 1.29 is 9.90 Å². The topological polar surface area (TPSA) is 37.3 Å². The molecule has 0 fully saturated rings. The summed E-state index contributed by atoms with van der Waals surface area (Å²) in [5.74, 6) is -0.507. The van der Waals surface area contributed by atoms with E-state index >= 15 is 0 Å². The average Bonchev–Trinajstić information content (AvgIpc) is 2.26. The predicted octanol–water partition coefficient (Wildman–Crippen LogP) is 3.46. The quantitative estimate of drug-likeness (QED) is 0.819. The van der Waals surface area contributed by atoms with Crippen LogP contribution < -0.4 is 0 Å². The van der Waals surface area contributed by atoms with Crippen molar-refractivity contribution in [2.75, 3.05) is 0 Å². The van der Waals surface area contributed by atoms with Crippen LogP contribution in [0.1, 0.15) is 54.6 Å². The van der Waals surface area contributed by atoms with Gasteiger partial charge in [-0.25, -0.2) is 4.79 Å². The monoisotopic (exact) mass is 206 g/mol.